The van der Waals surface area contributed by atoms with Gasteiger partial charge in [0, 0.05) is 25.1 Å². The molecule has 2 aromatic carbocycles. The summed E-state index contributed by atoms with van der Waals surface area (Å²) in [6, 6.07) is 13.9. The summed E-state index contributed by atoms with van der Waals surface area (Å²) in [5.41, 5.74) is 1.65. The molecule has 0 saturated carbocycles. The zero-order chi connectivity index (χ0) is 17.9. The molecule has 1 aliphatic heterocycles. The summed E-state index contributed by atoms with van der Waals surface area (Å²) in [7, 11) is -3.60. The lowest BCUT2D eigenvalue weighted by atomic mass is 9.97. The van der Waals surface area contributed by atoms with Gasteiger partial charge in [0.25, 0.3) is 0 Å². The van der Waals surface area contributed by atoms with Crippen LogP contribution < -0.4 is 14.8 Å². The number of sulfonamides is 1. The molecule has 0 fully saturated rings. The van der Waals surface area contributed by atoms with E-state index in [0.29, 0.717) is 18.8 Å². The number of anilines is 1. The number of carbonyl (C=O) groups excluding carboxylic acids is 1. The zero-order valence-corrected chi connectivity index (χ0v) is 14.7. The highest BCUT2D eigenvalue weighted by Crippen LogP contribution is 2.26. The second-order valence-electron chi connectivity index (χ2n) is 6.05. The van der Waals surface area contributed by atoms with Gasteiger partial charge in [-0.3, -0.25) is 4.79 Å². The van der Waals surface area contributed by atoms with Gasteiger partial charge in [0.15, 0.2) is 0 Å². The number of hydrogen-bond acceptors (Lipinski definition) is 4. The van der Waals surface area contributed by atoms with E-state index >= 15 is 0 Å². The summed E-state index contributed by atoms with van der Waals surface area (Å²) >= 11 is 0. The number of ether oxygens (including phenoxy) is 1. The smallest absolute Gasteiger partial charge is 0.240 e. The van der Waals surface area contributed by atoms with Gasteiger partial charge < -0.3 is 10.1 Å². The number of fused-ring (bicyclic) bond motifs is 1. The van der Waals surface area contributed by atoms with Gasteiger partial charge in [0.1, 0.15) is 5.75 Å². The number of hydrogen-bond donors (Lipinski definition) is 2. The summed E-state index contributed by atoms with van der Waals surface area (Å²) in [6.45, 7) is 2.20. The maximum atomic E-state index is 12.4. The predicted molar refractivity (Wildman–Crippen MR) is 95.1 cm³/mol. The summed E-state index contributed by atoms with van der Waals surface area (Å²) < 4.78 is 33.2. The second-order valence-corrected chi connectivity index (χ2v) is 7.81. The van der Waals surface area contributed by atoms with E-state index < -0.39 is 10.0 Å². The van der Waals surface area contributed by atoms with Crippen LogP contribution in [0.15, 0.2) is 53.4 Å². The van der Waals surface area contributed by atoms with Crippen LogP contribution in [0, 0.1) is 5.92 Å². The van der Waals surface area contributed by atoms with Crippen molar-refractivity contribution in [1.29, 1.82) is 0 Å². The second kappa shape index (κ2) is 7.25. The number of amides is 1. The van der Waals surface area contributed by atoms with E-state index in [2.05, 4.69) is 10.0 Å². The summed E-state index contributed by atoms with van der Waals surface area (Å²) in [6.07, 6.45) is 0.778. The maximum absolute atomic E-state index is 12.4. The summed E-state index contributed by atoms with van der Waals surface area (Å²) in [4.78, 5) is 11.2. The molecule has 25 heavy (non-hydrogen) atoms. The molecule has 0 aromatic heterocycles. The standard InChI is InChI=1S/C18H20N2O4S/c1-13(21)20-16-6-8-17(9-7-16)25(22,23)19-11-14-10-15-4-2-3-5-18(15)24-12-14/h2-9,14,19H,10-12H2,1H3,(H,20,21). The van der Waals surface area contributed by atoms with E-state index in [1.165, 1.54) is 19.1 Å². The third-order valence-corrected chi connectivity index (χ3v) is 5.44. The first-order valence-corrected chi connectivity index (χ1v) is 9.50. The van der Waals surface area contributed by atoms with Crippen molar-refractivity contribution in [2.45, 2.75) is 18.2 Å². The third kappa shape index (κ3) is 4.37. The summed E-state index contributed by atoms with van der Waals surface area (Å²) in [5, 5.41) is 2.61. The molecule has 132 valence electrons. The van der Waals surface area contributed by atoms with Gasteiger partial charge in [0.2, 0.25) is 15.9 Å². The maximum Gasteiger partial charge on any atom is 0.240 e. The molecular formula is C18H20N2O4S. The Bertz CT molecular complexity index is 863. The minimum atomic E-state index is -3.60. The Morgan fingerprint density at radius 1 is 1.16 bits per heavy atom. The Labute approximate surface area is 147 Å². The fraction of sp³-hybridized carbons (Fsp3) is 0.278. The Morgan fingerprint density at radius 3 is 2.60 bits per heavy atom. The number of benzene rings is 2. The molecule has 1 aliphatic rings. The van der Waals surface area contributed by atoms with Gasteiger partial charge in [-0.15, -0.1) is 0 Å². The first kappa shape index (κ1) is 17.4. The fourth-order valence-electron chi connectivity index (χ4n) is 2.75. The largest absolute Gasteiger partial charge is 0.493 e. The van der Waals surface area contributed by atoms with Crippen molar-refractivity contribution < 1.29 is 17.9 Å². The molecule has 2 aromatic rings. The predicted octanol–water partition coefficient (Wildman–Crippen LogP) is 2.17. The third-order valence-electron chi connectivity index (χ3n) is 4.00. The number of nitrogens with one attached hydrogen (secondary N) is 2. The van der Waals surface area contributed by atoms with Crippen LogP contribution >= 0.6 is 0 Å². The zero-order valence-electron chi connectivity index (χ0n) is 13.9. The molecule has 1 atom stereocenters. The van der Waals surface area contributed by atoms with Gasteiger partial charge in [-0.05, 0) is 42.3 Å². The number of carbonyl (C=O) groups is 1. The minimum absolute atomic E-state index is 0.0864. The van der Waals surface area contributed by atoms with Crippen molar-refractivity contribution in [3.8, 4) is 5.75 Å². The summed E-state index contributed by atoms with van der Waals surface area (Å²) in [5.74, 6) is 0.754. The average molecular weight is 360 g/mol. The van der Waals surface area contributed by atoms with Crippen LogP contribution in [0.3, 0.4) is 0 Å². The lowest BCUT2D eigenvalue weighted by Crippen LogP contribution is -2.34. The molecule has 0 aliphatic carbocycles. The fourth-order valence-corrected chi connectivity index (χ4v) is 3.87. The van der Waals surface area contributed by atoms with Crippen molar-refractivity contribution in [2.24, 2.45) is 5.92 Å². The Balaban J connectivity index is 1.61. The minimum Gasteiger partial charge on any atom is -0.493 e. The van der Waals surface area contributed by atoms with Crippen molar-refractivity contribution in [1.82, 2.24) is 4.72 Å². The molecule has 1 amide bonds. The van der Waals surface area contributed by atoms with Crippen LogP contribution in [0.2, 0.25) is 0 Å². The van der Waals surface area contributed by atoms with Crippen molar-refractivity contribution in [3.63, 3.8) is 0 Å². The van der Waals surface area contributed by atoms with Gasteiger partial charge >= 0.3 is 0 Å². The molecule has 0 saturated heterocycles. The quantitative estimate of drug-likeness (QED) is 0.856. The Morgan fingerprint density at radius 2 is 1.88 bits per heavy atom. The molecule has 2 N–H and O–H groups in total. The van der Waals surface area contributed by atoms with Crippen LogP contribution in [0.4, 0.5) is 5.69 Å². The van der Waals surface area contributed by atoms with Gasteiger partial charge in [0.05, 0.1) is 11.5 Å². The molecular weight excluding hydrogens is 340 g/mol. The van der Waals surface area contributed by atoms with Crippen LogP contribution in [-0.4, -0.2) is 27.5 Å². The van der Waals surface area contributed by atoms with E-state index in [-0.39, 0.29) is 16.7 Å². The van der Waals surface area contributed by atoms with Crippen molar-refractivity contribution in [2.75, 3.05) is 18.5 Å². The van der Waals surface area contributed by atoms with Crippen LogP contribution in [0.5, 0.6) is 5.75 Å². The van der Waals surface area contributed by atoms with E-state index in [4.69, 9.17) is 4.74 Å². The Kier molecular flexibility index (Phi) is 5.06. The highest BCUT2D eigenvalue weighted by atomic mass is 32.2. The molecule has 0 bridgehead atoms. The van der Waals surface area contributed by atoms with E-state index in [9.17, 15) is 13.2 Å². The molecule has 0 spiro atoms. The SMILES string of the molecule is CC(=O)Nc1ccc(S(=O)(=O)NCC2COc3ccccc3C2)cc1. The lowest BCUT2D eigenvalue weighted by Gasteiger charge is -2.25. The van der Waals surface area contributed by atoms with E-state index in [1.54, 1.807) is 12.1 Å². The van der Waals surface area contributed by atoms with Crippen LogP contribution in [0.1, 0.15) is 12.5 Å². The molecule has 6 nitrogen and oxygen atoms in total. The average Bonchev–Trinajstić information content (AvgIpc) is 2.60. The lowest BCUT2D eigenvalue weighted by molar-refractivity contribution is -0.114. The van der Waals surface area contributed by atoms with Crippen LogP contribution in [-0.2, 0) is 21.2 Å². The monoisotopic (exact) mass is 360 g/mol. The Hall–Kier alpha value is -2.38. The first-order chi connectivity index (χ1) is 11.9. The van der Waals surface area contributed by atoms with E-state index in [0.717, 1.165) is 17.7 Å². The van der Waals surface area contributed by atoms with Gasteiger partial charge in [-0.25, -0.2) is 13.1 Å². The highest BCUT2D eigenvalue weighted by molar-refractivity contribution is 7.89. The van der Waals surface area contributed by atoms with Gasteiger partial charge in [-0.2, -0.15) is 0 Å². The molecule has 7 heteroatoms. The molecule has 3 rings (SSSR count). The number of rotatable bonds is 5. The number of para-hydroxylation sites is 1. The molecule has 0 radical (unpaired) electrons. The van der Waals surface area contributed by atoms with E-state index in [1.807, 2.05) is 24.3 Å². The van der Waals surface area contributed by atoms with Crippen molar-refractivity contribution >= 4 is 21.6 Å². The highest BCUT2D eigenvalue weighted by Gasteiger charge is 2.22. The van der Waals surface area contributed by atoms with Gasteiger partial charge in [-0.1, -0.05) is 18.2 Å². The molecule has 1 unspecified atom stereocenters. The normalized spacial score (nSPS) is 16.6. The topological polar surface area (TPSA) is 84.5 Å². The molecule has 1 heterocycles. The van der Waals surface area contributed by atoms with Crippen molar-refractivity contribution in [3.05, 3.63) is 54.1 Å². The first-order valence-electron chi connectivity index (χ1n) is 8.02. The van der Waals surface area contributed by atoms with Crippen LogP contribution in [0.25, 0.3) is 0 Å².